The van der Waals surface area contributed by atoms with Gasteiger partial charge in [0.25, 0.3) is 5.91 Å². The van der Waals surface area contributed by atoms with Gasteiger partial charge in [0.2, 0.25) is 10.0 Å². The van der Waals surface area contributed by atoms with E-state index in [9.17, 15) is 18.0 Å². The Hall–Kier alpha value is -2.95. The number of benzene rings is 2. The predicted octanol–water partition coefficient (Wildman–Crippen LogP) is 2.49. The van der Waals surface area contributed by atoms with Crippen LogP contribution in [-0.2, 0) is 24.3 Å². The van der Waals surface area contributed by atoms with E-state index in [0.717, 1.165) is 38.0 Å². The van der Waals surface area contributed by atoms with E-state index >= 15 is 0 Å². The number of anilines is 2. The van der Waals surface area contributed by atoms with Crippen molar-refractivity contribution in [1.29, 1.82) is 0 Å². The highest BCUT2D eigenvalue weighted by Gasteiger charge is 2.26. The number of morpholine rings is 1. The van der Waals surface area contributed by atoms with Crippen molar-refractivity contribution >= 4 is 33.3 Å². The van der Waals surface area contributed by atoms with E-state index in [2.05, 4.69) is 10.2 Å². The van der Waals surface area contributed by atoms with Gasteiger partial charge in [0.05, 0.1) is 23.7 Å². The summed E-state index contributed by atoms with van der Waals surface area (Å²) in [7, 11) is -3.67. The number of carbonyl (C=O) groups excluding carboxylic acids is 2. The molecule has 4 rings (SSSR count). The van der Waals surface area contributed by atoms with Gasteiger partial charge in [-0.25, -0.2) is 13.2 Å². The van der Waals surface area contributed by atoms with Crippen molar-refractivity contribution in [2.24, 2.45) is 0 Å². The molecule has 2 saturated heterocycles. The normalized spacial score (nSPS) is 17.2. The Kier molecular flexibility index (Phi) is 7.81. The highest BCUT2D eigenvalue weighted by Crippen LogP contribution is 2.22. The fraction of sp³-hybridized carbons (Fsp3) is 0.417. The van der Waals surface area contributed by atoms with Crippen LogP contribution in [0.5, 0.6) is 0 Å². The molecular formula is C24H29N3O6S. The predicted molar refractivity (Wildman–Crippen MR) is 127 cm³/mol. The number of rotatable bonds is 7. The zero-order valence-corrected chi connectivity index (χ0v) is 19.8. The lowest BCUT2D eigenvalue weighted by molar-refractivity contribution is -0.119. The van der Waals surface area contributed by atoms with Crippen LogP contribution >= 0.6 is 0 Å². The van der Waals surface area contributed by atoms with Crippen LogP contribution in [0.25, 0.3) is 0 Å². The summed E-state index contributed by atoms with van der Waals surface area (Å²) in [5, 5.41) is 2.70. The minimum atomic E-state index is -3.67. The van der Waals surface area contributed by atoms with Gasteiger partial charge in [-0.1, -0.05) is 12.5 Å². The molecule has 2 aliphatic rings. The summed E-state index contributed by atoms with van der Waals surface area (Å²) in [6, 6.07) is 13.2. The summed E-state index contributed by atoms with van der Waals surface area (Å²) in [5.74, 6) is -1.24. The number of amides is 1. The lowest BCUT2D eigenvalue weighted by Crippen LogP contribution is -2.36. The Morgan fingerprint density at radius 1 is 0.941 bits per heavy atom. The molecule has 0 unspecified atom stereocenters. The lowest BCUT2D eigenvalue weighted by Gasteiger charge is -2.28. The summed E-state index contributed by atoms with van der Waals surface area (Å²) in [6.07, 6.45) is 2.66. The van der Waals surface area contributed by atoms with Crippen molar-refractivity contribution in [3.8, 4) is 0 Å². The van der Waals surface area contributed by atoms with Crippen molar-refractivity contribution in [1.82, 2.24) is 4.31 Å². The first-order chi connectivity index (χ1) is 16.4. The minimum Gasteiger partial charge on any atom is -0.452 e. The van der Waals surface area contributed by atoms with Gasteiger partial charge in [-0.05, 0) is 55.3 Å². The number of nitrogens with zero attached hydrogens (tertiary/aromatic N) is 2. The molecule has 2 aliphatic heterocycles. The highest BCUT2D eigenvalue weighted by molar-refractivity contribution is 7.89. The van der Waals surface area contributed by atoms with E-state index in [0.29, 0.717) is 32.0 Å². The third kappa shape index (κ3) is 5.94. The van der Waals surface area contributed by atoms with Gasteiger partial charge in [0, 0.05) is 37.6 Å². The molecule has 0 aromatic heterocycles. The van der Waals surface area contributed by atoms with Crippen LogP contribution in [0.1, 0.15) is 29.6 Å². The van der Waals surface area contributed by atoms with Crippen molar-refractivity contribution in [3.63, 3.8) is 0 Å². The first-order valence-corrected chi connectivity index (χ1v) is 12.9. The first kappa shape index (κ1) is 24.2. The lowest BCUT2D eigenvalue weighted by atomic mass is 10.2. The SMILES string of the molecule is O=C(COC(=O)c1cccc(S(=O)(=O)N2CCCCC2)c1)Nc1ccc(N2CCOCC2)cc1. The maximum atomic E-state index is 12.9. The topological polar surface area (TPSA) is 105 Å². The van der Waals surface area contributed by atoms with Crippen molar-refractivity contribution in [2.75, 3.05) is 56.2 Å². The second-order valence-corrected chi connectivity index (χ2v) is 10.2. The second-order valence-electron chi connectivity index (χ2n) is 8.26. The summed E-state index contributed by atoms with van der Waals surface area (Å²) in [4.78, 5) is 27.0. The van der Waals surface area contributed by atoms with Gasteiger partial charge in [-0.3, -0.25) is 4.79 Å². The Morgan fingerprint density at radius 2 is 1.65 bits per heavy atom. The Morgan fingerprint density at radius 3 is 2.35 bits per heavy atom. The Bertz CT molecular complexity index is 1110. The summed E-state index contributed by atoms with van der Waals surface area (Å²) in [6.45, 7) is 3.50. The van der Waals surface area contributed by atoms with Crippen molar-refractivity contribution in [3.05, 3.63) is 54.1 Å². The van der Waals surface area contributed by atoms with Crippen molar-refractivity contribution in [2.45, 2.75) is 24.2 Å². The minimum absolute atomic E-state index is 0.0497. The third-order valence-electron chi connectivity index (χ3n) is 5.88. The molecule has 0 radical (unpaired) electrons. The summed E-state index contributed by atoms with van der Waals surface area (Å²) < 4.78 is 37.6. The smallest absolute Gasteiger partial charge is 0.338 e. The third-order valence-corrected chi connectivity index (χ3v) is 7.78. The molecule has 2 fully saturated rings. The molecule has 0 bridgehead atoms. The number of esters is 1. The van der Waals surface area contributed by atoms with Crippen LogP contribution in [0, 0.1) is 0 Å². The molecule has 1 N–H and O–H groups in total. The van der Waals surface area contributed by atoms with Gasteiger partial charge >= 0.3 is 5.97 Å². The fourth-order valence-electron chi connectivity index (χ4n) is 4.03. The van der Waals surface area contributed by atoms with Crippen LogP contribution in [0.15, 0.2) is 53.4 Å². The number of piperidine rings is 1. The molecule has 2 aromatic carbocycles. The number of nitrogens with one attached hydrogen (secondary N) is 1. The Labute approximate surface area is 199 Å². The molecule has 182 valence electrons. The molecule has 0 atom stereocenters. The number of carbonyl (C=O) groups is 2. The molecular weight excluding hydrogens is 458 g/mol. The average molecular weight is 488 g/mol. The summed E-state index contributed by atoms with van der Waals surface area (Å²) >= 11 is 0. The van der Waals surface area contributed by atoms with Gasteiger partial charge in [0.15, 0.2) is 6.61 Å². The molecule has 0 aliphatic carbocycles. The zero-order valence-electron chi connectivity index (χ0n) is 18.9. The fourth-order valence-corrected chi connectivity index (χ4v) is 5.59. The van der Waals surface area contributed by atoms with Crippen LogP contribution < -0.4 is 10.2 Å². The van der Waals surface area contributed by atoms with Gasteiger partial charge in [-0.15, -0.1) is 0 Å². The number of hydrogen-bond acceptors (Lipinski definition) is 7. The number of hydrogen-bond donors (Lipinski definition) is 1. The zero-order chi connectivity index (χ0) is 24.0. The van der Waals surface area contributed by atoms with Gasteiger partial charge in [-0.2, -0.15) is 4.31 Å². The Balaban J connectivity index is 1.31. The van der Waals surface area contributed by atoms with Gasteiger partial charge in [0.1, 0.15) is 0 Å². The van der Waals surface area contributed by atoms with E-state index in [4.69, 9.17) is 9.47 Å². The molecule has 0 saturated carbocycles. The molecule has 10 heteroatoms. The van der Waals surface area contributed by atoms with E-state index in [1.165, 1.54) is 28.6 Å². The quantitative estimate of drug-likeness (QED) is 0.598. The van der Waals surface area contributed by atoms with Crippen LogP contribution in [-0.4, -0.2) is 70.6 Å². The van der Waals surface area contributed by atoms with E-state index in [-0.39, 0.29) is 10.5 Å². The molecule has 9 nitrogen and oxygen atoms in total. The molecule has 1 amide bonds. The molecule has 2 aromatic rings. The largest absolute Gasteiger partial charge is 0.452 e. The van der Waals surface area contributed by atoms with E-state index < -0.39 is 28.5 Å². The average Bonchev–Trinajstić information content (AvgIpc) is 2.89. The monoisotopic (exact) mass is 487 g/mol. The number of sulfonamides is 1. The number of ether oxygens (including phenoxy) is 2. The summed E-state index contributed by atoms with van der Waals surface area (Å²) in [5.41, 5.74) is 1.72. The van der Waals surface area contributed by atoms with Crippen LogP contribution in [0.3, 0.4) is 0 Å². The van der Waals surface area contributed by atoms with E-state index in [1.807, 2.05) is 12.1 Å². The van der Waals surface area contributed by atoms with Gasteiger partial charge < -0.3 is 19.7 Å². The molecule has 2 heterocycles. The van der Waals surface area contributed by atoms with E-state index in [1.54, 1.807) is 12.1 Å². The second kappa shape index (κ2) is 11.0. The highest BCUT2D eigenvalue weighted by atomic mass is 32.2. The molecule has 0 spiro atoms. The first-order valence-electron chi connectivity index (χ1n) is 11.4. The van der Waals surface area contributed by atoms with Crippen LogP contribution in [0.2, 0.25) is 0 Å². The maximum Gasteiger partial charge on any atom is 0.338 e. The van der Waals surface area contributed by atoms with Crippen molar-refractivity contribution < 1.29 is 27.5 Å². The van der Waals surface area contributed by atoms with Crippen LogP contribution in [0.4, 0.5) is 11.4 Å². The molecule has 34 heavy (non-hydrogen) atoms. The standard InChI is InChI=1S/C24H29N3O6S/c28-23(25-20-7-9-21(10-8-20)26-13-15-32-16-14-26)18-33-24(29)19-5-4-6-22(17-19)34(30,31)27-11-2-1-3-12-27/h4-10,17H,1-3,11-16,18H2,(H,25,28). The maximum absolute atomic E-state index is 12.9.